The van der Waals surface area contributed by atoms with Gasteiger partial charge in [0.15, 0.2) is 10.6 Å². The fourth-order valence-corrected chi connectivity index (χ4v) is 1.85. The van der Waals surface area contributed by atoms with Gasteiger partial charge >= 0.3 is 6.18 Å². The summed E-state index contributed by atoms with van der Waals surface area (Å²) in [6.45, 7) is 0. The number of alkyl halides is 3. The standard InChI is InChI=1S/C6H5ClF3NOS/c1-12-4(6(8,9)10)3-2-11-5(7)13-3/h2,4H,1H3. The van der Waals surface area contributed by atoms with E-state index in [1.165, 1.54) is 0 Å². The van der Waals surface area contributed by atoms with Crippen molar-refractivity contribution in [3.8, 4) is 0 Å². The van der Waals surface area contributed by atoms with Gasteiger partial charge in [0.1, 0.15) is 0 Å². The van der Waals surface area contributed by atoms with Crippen LogP contribution in [0.15, 0.2) is 6.20 Å². The first kappa shape index (κ1) is 10.7. The van der Waals surface area contributed by atoms with Crippen LogP contribution in [0.1, 0.15) is 11.0 Å². The van der Waals surface area contributed by atoms with E-state index in [9.17, 15) is 13.2 Å². The first-order valence-electron chi connectivity index (χ1n) is 3.16. The molecule has 1 atom stereocenters. The molecule has 0 fully saturated rings. The molecular weight excluding hydrogens is 227 g/mol. The number of halogens is 4. The molecule has 0 N–H and O–H groups in total. The SMILES string of the molecule is COC(c1cnc(Cl)s1)C(F)(F)F. The third-order valence-electron chi connectivity index (χ3n) is 1.29. The van der Waals surface area contributed by atoms with Gasteiger partial charge in [-0.2, -0.15) is 13.2 Å². The molecule has 7 heteroatoms. The zero-order chi connectivity index (χ0) is 10.1. The van der Waals surface area contributed by atoms with Crippen LogP contribution in [0.4, 0.5) is 13.2 Å². The second-order valence-corrected chi connectivity index (χ2v) is 3.82. The van der Waals surface area contributed by atoms with Crippen molar-refractivity contribution < 1.29 is 17.9 Å². The molecule has 13 heavy (non-hydrogen) atoms. The molecule has 1 rings (SSSR count). The second kappa shape index (κ2) is 3.81. The fraction of sp³-hybridized carbons (Fsp3) is 0.500. The number of aromatic nitrogens is 1. The first-order chi connectivity index (χ1) is 5.95. The van der Waals surface area contributed by atoms with Gasteiger partial charge in [0.25, 0.3) is 0 Å². The van der Waals surface area contributed by atoms with E-state index < -0.39 is 12.3 Å². The van der Waals surface area contributed by atoms with Crippen LogP contribution >= 0.6 is 22.9 Å². The highest BCUT2D eigenvalue weighted by molar-refractivity contribution is 7.15. The molecule has 0 radical (unpaired) electrons. The van der Waals surface area contributed by atoms with Gasteiger partial charge in [0.2, 0.25) is 0 Å². The van der Waals surface area contributed by atoms with Crippen LogP contribution < -0.4 is 0 Å². The van der Waals surface area contributed by atoms with Gasteiger partial charge in [0, 0.05) is 13.3 Å². The van der Waals surface area contributed by atoms with Gasteiger partial charge in [-0.25, -0.2) is 4.98 Å². The van der Waals surface area contributed by atoms with E-state index in [4.69, 9.17) is 11.6 Å². The summed E-state index contributed by atoms with van der Waals surface area (Å²) >= 11 is 6.15. The van der Waals surface area contributed by atoms with E-state index in [1.807, 2.05) is 0 Å². The Hall–Kier alpha value is -0.330. The van der Waals surface area contributed by atoms with E-state index in [-0.39, 0.29) is 9.34 Å². The summed E-state index contributed by atoms with van der Waals surface area (Å²) in [5, 5.41) is 0. The molecule has 0 aliphatic carbocycles. The van der Waals surface area contributed by atoms with Crippen molar-refractivity contribution in [1.82, 2.24) is 4.98 Å². The maximum absolute atomic E-state index is 12.2. The molecule has 1 aromatic rings. The summed E-state index contributed by atoms with van der Waals surface area (Å²) in [6, 6.07) is 0. The van der Waals surface area contributed by atoms with Crippen molar-refractivity contribution in [2.45, 2.75) is 12.3 Å². The highest BCUT2D eigenvalue weighted by Crippen LogP contribution is 2.38. The lowest BCUT2D eigenvalue weighted by Gasteiger charge is -2.16. The zero-order valence-electron chi connectivity index (χ0n) is 6.43. The van der Waals surface area contributed by atoms with Crippen molar-refractivity contribution in [3.05, 3.63) is 15.5 Å². The predicted molar refractivity (Wildman–Crippen MR) is 42.9 cm³/mol. The van der Waals surface area contributed by atoms with Crippen molar-refractivity contribution >= 4 is 22.9 Å². The van der Waals surface area contributed by atoms with Gasteiger partial charge in [-0.1, -0.05) is 11.6 Å². The second-order valence-electron chi connectivity index (χ2n) is 2.17. The van der Waals surface area contributed by atoms with E-state index in [1.54, 1.807) is 0 Å². The van der Waals surface area contributed by atoms with E-state index in [0.717, 1.165) is 24.6 Å². The van der Waals surface area contributed by atoms with Gasteiger partial charge in [0.05, 0.1) is 4.88 Å². The van der Waals surface area contributed by atoms with Gasteiger partial charge in [-0.05, 0) is 0 Å². The van der Waals surface area contributed by atoms with E-state index in [0.29, 0.717) is 0 Å². The third-order valence-corrected chi connectivity index (χ3v) is 2.44. The van der Waals surface area contributed by atoms with Gasteiger partial charge in [-0.15, -0.1) is 11.3 Å². The van der Waals surface area contributed by atoms with Crippen LogP contribution in [0.3, 0.4) is 0 Å². The Morgan fingerprint density at radius 3 is 2.54 bits per heavy atom. The molecule has 0 saturated heterocycles. The maximum atomic E-state index is 12.2. The molecule has 0 spiro atoms. The van der Waals surface area contributed by atoms with E-state index in [2.05, 4.69) is 9.72 Å². The molecule has 1 unspecified atom stereocenters. The predicted octanol–water partition coefficient (Wildman–Crippen LogP) is 3.05. The lowest BCUT2D eigenvalue weighted by Crippen LogP contribution is -2.21. The Morgan fingerprint density at radius 1 is 1.62 bits per heavy atom. The molecule has 0 aliphatic rings. The number of hydrogen-bond acceptors (Lipinski definition) is 3. The largest absolute Gasteiger partial charge is 0.419 e. The molecule has 0 aliphatic heterocycles. The van der Waals surface area contributed by atoms with Crippen molar-refractivity contribution in [1.29, 1.82) is 0 Å². The molecular formula is C6H5ClF3NOS. The quantitative estimate of drug-likeness (QED) is 0.781. The Balaban J connectivity index is 2.91. The fourth-order valence-electron chi connectivity index (χ4n) is 0.797. The maximum Gasteiger partial charge on any atom is 0.419 e. The summed E-state index contributed by atoms with van der Waals surface area (Å²) in [4.78, 5) is 3.46. The minimum Gasteiger partial charge on any atom is -0.366 e. The summed E-state index contributed by atoms with van der Waals surface area (Å²) in [6.07, 6.45) is -5.29. The Kier molecular flexibility index (Phi) is 3.15. The number of thiazole rings is 1. The number of rotatable bonds is 2. The Labute approximate surface area is 81.3 Å². The molecule has 0 saturated carbocycles. The number of ether oxygens (including phenoxy) is 1. The first-order valence-corrected chi connectivity index (χ1v) is 4.35. The average Bonchev–Trinajstić information content (AvgIpc) is 2.34. The van der Waals surface area contributed by atoms with Crippen LogP contribution in [0, 0.1) is 0 Å². The third kappa shape index (κ3) is 2.55. The van der Waals surface area contributed by atoms with Crippen molar-refractivity contribution in [2.75, 3.05) is 7.11 Å². The molecule has 2 nitrogen and oxygen atoms in total. The van der Waals surface area contributed by atoms with Gasteiger partial charge < -0.3 is 4.74 Å². The van der Waals surface area contributed by atoms with Crippen LogP contribution in [-0.4, -0.2) is 18.3 Å². The highest BCUT2D eigenvalue weighted by atomic mass is 35.5. The molecule has 1 heterocycles. The Morgan fingerprint density at radius 2 is 2.23 bits per heavy atom. The summed E-state index contributed by atoms with van der Waals surface area (Å²) in [7, 11) is 0.992. The van der Waals surface area contributed by atoms with Crippen LogP contribution in [-0.2, 0) is 4.74 Å². The molecule has 74 valence electrons. The molecule has 0 aromatic carbocycles. The topological polar surface area (TPSA) is 22.1 Å². The summed E-state index contributed by atoms with van der Waals surface area (Å²) in [5.74, 6) is 0. The average molecular weight is 232 g/mol. The zero-order valence-corrected chi connectivity index (χ0v) is 8.00. The monoisotopic (exact) mass is 231 g/mol. The lowest BCUT2D eigenvalue weighted by molar-refractivity contribution is -0.214. The highest BCUT2D eigenvalue weighted by Gasteiger charge is 2.42. The number of nitrogens with zero attached hydrogens (tertiary/aromatic N) is 1. The van der Waals surface area contributed by atoms with Crippen molar-refractivity contribution in [3.63, 3.8) is 0 Å². The number of methoxy groups -OCH3 is 1. The van der Waals surface area contributed by atoms with Gasteiger partial charge in [-0.3, -0.25) is 0 Å². The smallest absolute Gasteiger partial charge is 0.366 e. The summed E-state index contributed by atoms with van der Waals surface area (Å²) in [5.41, 5.74) is 0. The number of hydrogen-bond donors (Lipinski definition) is 0. The molecule has 1 aromatic heterocycles. The van der Waals surface area contributed by atoms with Crippen molar-refractivity contribution in [2.24, 2.45) is 0 Å². The van der Waals surface area contributed by atoms with E-state index >= 15 is 0 Å². The molecule has 0 amide bonds. The van der Waals surface area contributed by atoms with Crippen LogP contribution in [0.25, 0.3) is 0 Å². The Bertz CT molecular complexity index is 288. The minimum absolute atomic E-state index is 0.0417. The minimum atomic E-state index is -4.43. The molecule has 0 bridgehead atoms. The van der Waals surface area contributed by atoms with Crippen LogP contribution in [0.2, 0.25) is 4.47 Å². The lowest BCUT2D eigenvalue weighted by atomic mass is 10.3. The normalized spacial score (nSPS) is 14.5. The van der Waals surface area contributed by atoms with Crippen LogP contribution in [0.5, 0.6) is 0 Å². The summed E-state index contributed by atoms with van der Waals surface area (Å²) < 4.78 is 41.1.